The number of nitrogens with zero attached hydrogens (tertiary/aromatic N) is 1. The fourth-order valence-electron chi connectivity index (χ4n) is 4.05. The van der Waals surface area contributed by atoms with Crippen molar-refractivity contribution in [1.82, 2.24) is 10.2 Å². The Morgan fingerprint density at radius 1 is 0.757 bits per heavy atom. The number of rotatable bonds is 10. The van der Waals surface area contributed by atoms with Crippen LogP contribution in [0.2, 0.25) is 5.02 Å². The lowest BCUT2D eigenvalue weighted by Crippen LogP contribution is -2.41. The summed E-state index contributed by atoms with van der Waals surface area (Å²) in [6.07, 6.45) is 0.651. The van der Waals surface area contributed by atoms with E-state index in [9.17, 15) is 9.59 Å². The second kappa shape index (κ2) is 12.9. The first-order chi connectivity index (χ1) is 18.0. The normalized spacial score (nSPS) is 10.6. The van der Waals surface area contributed by atoms with E-state index in [-0.39, 0.29) is 18.4 Å². The van der Waals surface area contributed by atoms with Crippen molar-refractivity contribution in [2.75, 3.05) is 13.1 Å². The summed E-state index contributed by atoms with van der Waals surface area (Å²) in [5, 5.41) is 3.58. The molecule has 3 N–H and O–H groups in total. The van der Waals surface area contributed by atoms with Gasteiger partial charge in [-0.25, -0.2) is 0 Å². The maximum atomic E-state index is 13.5. The van der Waals surface area contributed by atoms with Gasteiger partial charge in [-0.15, -0.1) is 0 Å². The zero-order valence-corrected chi connectivity index (χ0v) is 21.3. The second-order valence-corrected chi connectivity index (χ2v) is 9.22. The molecule has 0 aromatic heterocycles. The van der Waals surface area contributed by atoms with Gasteiger partial charge in [-0.05, 0) is 46.9 Å². The highest BCUT2D eigenvalue weighted by Gasteiger charge is 2.19. The lowest BCUT2D eigenvalue weighted by Gasteiger charge is -2.23. The molecular weight excluding hydrogens is 482 g/mol. The van der Waals surface area contributed by atoms with Crippen LogP contribution >= 0.6 is 11.6 Å². The Labute approximate surface area is 222 Å². The summed E-state index contributed by atoms with van der Waals surface area (Å²) in [6.45, 7) is 1.26. The van der Waals surface area contributed by atoms with Gasteiger partial charge in [0.15, 0.2) is 0 Å². The molecule has 37 heavy (non-hydrogen) atoms. The summed E-state index contributed by atoms with van der Waals surface area (Å²) in [4.78, 5) is 27.9. The van der Waals surface area contributed by atoms with Crippen LogP contribution in [0.15, 0.2) is 103 Å². The van der Waals surface area contributed by atoms with Crippen molar-refractivity contribution in [3.63, 3.8) is 0 Å². The molecule has 0 saturated heterocycles. The number of nitrogens with one attached hydrogen (secondary N) is 1. The van der Waals surface area contributed by atoms with Gasteiger partial charge in [0.25, 0.3) is 5.91 Å². The molecule has 0 aliphatic rings. The van der Waals surface area contributed by atoms with E-state index in [2.05, 4.69) is 5.32 Å². The fraction of sp³-hybridized carbons (Fsp3) is 0.161. The minimum Gasteiger partial charge on any atom is -0.350 e. The van der Waals surface area contributed by atoms with Gasteiger partial charge >= 0.3 is 0 Å². The molecule has 0 unspecified atom stereocenters. The van der Waals surface area contributed by atoms with E-state index in [0.717, 1.165) is 27.8 Å². The second-order valence-electron chi connectivity index (χ2n) is 8.82. The van der Waals surface area contributed by atoms with Crippen LogP contribution < -0.4 is 11.1 Å². The summed E-state index contributed by atoms with van der Waals surface area (Å²) in [6, 6.07) is 32.7. The van der Waals surface area contributed by atoms with E-state index in [1.165, 1.54) is 0 Å². The molecule has 6 heteroatoms. The number of nitrogens with two attached hydrogens (primary N) is 1. The van der Waals surface area contributed by atoms with Gasteiger partial charge in [-0.3, -0.25) is 9.59 Å². The number of hydrogen-bond donors (Lipinski definition) is 2. The van der Waals surface area contributed by atoms with Crippen LogP contribution in [0, 0.1) is 0 Å². The van der Waals surface area contributed by atoms with E-state index < -0.39 is 0 Å². The van der Waals surface area contributed by atoms with Gasteiger partial charge in [0.1, 0.15) is 0 Å². The lowest BCUT2D eigenvalue weighted by atomic mass is 10.0. The Bertz CT molecular complexity index is 1320. The molecule has 0 radical (unpaired) electrons. The molecule has 0 bridgehead atoms. The predicted octanol–water partition coefficient (Wildman–Crippen LogP) is 5.47. The Morgan fingerprint density at radius 2 is 1.41 bits per heavy atom. The zero-order chi connectivity index (χ0) is 26.0. The number of hydrogen-bond acceptors (Lipinski definition) is 3. The number of carbonyl (C=O) groups excluding carboxylic acids is 2. The van der Waals surface area contributed by atoms with Crippen molar-refractivity contribution in [2.45, 2.75) is 19.5 Å². The largest absolute Gasteiger partial charge is 0.350 e. The maximum absolute atomic E-state index is 13.5. The van der Waals surface area contributed by atoms with Crippen molar-refractivity contribution in [1.29, 1.82) is 0 Å². The van der Waals surface area contributed by atoms with E-state index >= 15 is 0 Å². The molecule has 4 aromatic carbocycles. The van der Waals surface area contributed by atoms with E-state index in [0.29, 0.717) is 36.6 Å². The third-order valence-electron chi connectivity index (χ3n) is 6.20. The van der Waals surface area contributed by atoms with Crippen LogP contribution in [0.25, 0.3) is 11.1 Å². The first-order valence-electron chi connectivity index (χ1n) is 12.3. The van der Waals surface area contributed by atoms with E-state index in [1.54, 1.807) is 17.0 Å². The number of carbonyl (C=O) groups is 2. The van der Waals surface area contributed by atoms with Gasteiger partial charge in [0, 0.05) is 35.8 Å². The van der Waals surface area contributed by atoms with Gasteiger partial charge in [0.2, 0.25) is 5.91 Å². The number of halogens is 1. The minimum absolute atomic E-state index is 0.0290. The van der Waals surface area contributed by atoms with Crippen LogP contribution in [0.1, 0.15) is 27.0 Å². The van der Waals surface area contributed by atoms with Crippen LogP contribution in [0.4, 0.5) is 0 Å². The molecule has 0 aliphatic heterocycles. The van der Waals surface area contributed by atoms with Gasteiger partial charge < -0.3 is 16.0 Å². The molecule has 2 amide bonds. The quantitative estimate of drug-likeness (QED) is 0.296. The number of amides is 2. The highest BCUT2D eigenvalue weighted by molar-refractivity contribution is 6.33. The molecule has 0 spiro atoms. The van der Waals surface area contributed by atoms with Gasteiger partial charge in [-0.1, -0.05) is 96.5 Å². The molecule has 0 fully saturated rings. The third kappa shape index (κ3) is 7.29. The zero-order valence-electron chi connectivity index (χ0n) is 20.6. The van der Waals surface area contributed by atoms with Crippen molar-refractivity contribution in [2.24, 2.45) is 5.73 Å². The molecule has 0 aliphatic carbocycles. The lowest BCUT2D eigenvalue weighted by molar-refractivity contribution is -0.122. The molecule has 5 nitrogen and oxygen atoms in total. The Kier molecular flexibility index (Phi) is 9.08. The van der Waals surface area contributed by atoms with Crippen molar-refractivity contribution in [3.8, 4) is 11.1 Å². The minimum atomic E-state index is -0.211. The fourth-order valence-corrected chi connectivity index (χ4v) is 4.30. The standard InChI is InChI=1S/C31H30ClN3O2/c32-29-9-5-4-8-28(29)26-14-16-27(17-15-26)31(37)35(19-18-23-6-2-1-3-7-23)22-30(36)34-21-25-12-10-24(20-33)11-13-25/h1-17H,18-22,33H2,(H,34,36). The summed E-state index contributed by atoms with van der Waals surface area (Å²) >= 11 is 6.33. The van der Waals surface area contributed by atoms with Crippen LogP contribution in [-0.2, 0) is 24.3 Å². The smallest absolute Gasteiger partial charge is 0.254 e. The Morgan fingerprint density at radius 3 is 2.08 bits per heavy atom. The average molecular weight is 512 g/mol. The molecule has 4 rings (SSSR count). The molecule has 188 valence electrons. The SMILES string of the molecule is NCc1ccc(CNC(=O)CN(CCc2ccccc2)C(=O)c2ccc(-c3ccccc3Cl)cc2)cc1. The highest BCUT2D eigenvalue weighted by atomic mass is 35.5. The maximum Gasteiger partial charge on any atom is 0.254 e. The van der Waals surface area contributed by atoms with E-state index in [4.69, 9.17) is 17.3 Å². The predicted molar refractivity (Wildman–Crippen MR) is 149 cm³/mol. The van der Waals surface area contributed by atoms with Gasteiger partial charge in [-0.2, -0.15) is 0 Å². The number of benzene rings is 4. The Balaban J connectivity index is 1.45. The van der Waals surface area contributed by atoms with Crippen molar-refractivity contribution in [3.05, 3.63) is 130 Å². The summed E-state index contributed by atoms with van der Waals surface area (Å²) in [7, 11) is 0. The Hall–Kier alpha value is -3.93. The molecule has 0 heterocycles. The van der Waals surface area contributed by atoms with Crippen molar-refractivity contribution >= 4 is 23.4 Å². The van der Waals surface area contributed by atoms with Crippen LogP contribution in [-0.4, -0.2) is 29.8 Å². The third-order valence-corrected chi connectivity index (χ3v) is 6.53. The molecule has 4 aromatic rings. The van der Waals surface area contributed by atoms with Crippen molar-refractivity contribution < 1.29 is 9.59 Å². The summed E-state index contributed by atoms with van der Waals surface area (Å²) < 4.78 is 0. The first-order valence-corrected chi connectivity index (χ1v) is 12.6. The summed E-state index contributed by atoms with van der Waals surface area (Å²) in [5.74, 6) is -0.402. The van der Waals surface area contributed by atoms with E-state index in [1.807, 2.05) is 91.0 Å². The van der Waals surface area contributed by atoms with Crippen LogP contribution in [0.3, 0.4) is 0 Å². The summed E-state index contributed by atoms with van der Waals surface area (Å²) in [5.41, 5.74) is 11.1. The van der Waals surface area contributed by atoms with Gasteiger partial charge in [0.05, 0.1) is 6.54 Å². The molecule has 0 atom stereocenters. The van der Waals surface area contributed by atoms with Crippen LogP contribution in [0.5, 0.6) is 0 Å². The topological polar surface area (TPSA) is 75.4 Å². The molecule has 0 saturated carbocycles. The molecular formula is C31H30ClN3O2. The first kappa shape index (κ1) is 26.1. The highest BCUT2D eigenvalue weighted by Crippen LogP contribution is 2.27. The average Bonchev–Trinajstić information content (AvgIpc) is 2.95. The monoisotopic (exact) mass is 511 g/mol.